The Morgan fingerprint density at radius 1 is 1.04 bits per heavy atom. The Labute approximate surface area is 166 Å². The van der Waals surface area contributed by atoms with Crippen LogP contribution in [-0.2, 0) is 11.3 Å². The summed E-state index contributed by atoms with van der Waals surface area (Å²) in [7, 11) is 1.55. The van der Waals surface area contributed by atoms with Crippen molar-refractivity contribution in [1.29, 1.82) is 0 Å². The van der Waals surface area contributed by atoms with Crippen LogP contribution < -0.4 is 15.4 Å². The second-order valence-electron chi connectivity index (χ2n) is 6.90. The lowest BCUT2D eigenvalue weighted by Gasteiger charge is -2.24. The summed E-state index contributed by atoms with van der Waals surface area (Å²) >= 11 is 0. The molecule has 2 aromatic rings. The Kier molecular flexibility index (Phi) is 7.58. The summed E-state index contributed by atoms with van der Waals surface area (Å²) in [5.41, 5.74) is 2.72. The molecule has 0 radical (unpaired) electrons. The maximum Gasteiger partial charge on any atom is 0.255 e. The van der Waals surface area contributed by atoms with Gasteiger partial charge in [-0.25, -0.2) is 0 Å². The molecule has 150 valence electrons. The van der Waals surface area contributed by atoms with Gasteiger partial charge in [0.1, 0.15) is 5.75 Å². The molecule has 0 spiro atoms. The fraction of sp³-hybridized carbons (Fsp3) is 0.364. The van der Waals surface area contributed by atoms with E-state index in [1.54, 1.807) is 25.3 Å². The Bertz CT molecular complexity index is 816. The zero-order chi connectivity index (χ0) is 20.7. The molecule has 2 aromatic carbocycles. The van der Waals surface area contributed by atoms with Gasteiger partial charge in [-0.15, -0.1) is 0 Å². The lowest BCUT2D eigenvalue weighted by Crippen LogP contribution is -2.29. The Hall–Kier alpha value is -2.86. The van der Waals surface area contributed by atoms with Gasteiger partial charge in [0.25, 0.3) is 5.91 Å². The molecule has 28 heavy (non-hydrogen) atoms. The van der Waals surface area contributed by atoms with E-state index < -0.39 is 0 Å². The van der Waals surface area contributed by atoms with Gasteiger partial charge >= 0.3 is 0 Å². The molecule has 0 aliphatic heterocycles. The van der Waals surface area contributed by atoms with Crippen molar-refractivity contribution in [1.82, 2.24) is 4.90 Å². The van der Waals surface area contributed by atoms with Gasteiger partial charge in [-0.1, -0.05) is 19.1 Å². The van der Waals surface area contributed by atoms with Crippen molar-refractivity contribution in [2.24, 2.45) is 0 Å². The number of nitrogens with zero attached hydrogens (tertiary/aromatic N) is 1. The van der Waals surface area contributed by atoms with Gasteiger partial charge in [-0.3, -0.25) is 14.5 Å². The van der Waals surface area contributed by atoms with Gasteiger partial charge in [-0.2, -0.15) is 0 Å². The summed E-state index contributed by atoms with van der Waals surface area (Å²) in [6.07, 6.45) is 0. The maximum atomic E-state index is 12.7. The number of nitrogens with one attached hydrogen (secondary N) is 2. The van der Waals surface area contributed by atoms with E-state index in [0.717, 1.165) is 18.7 Å². The third-order valence-electron chi connectivity index (χ3n) is 4.52. The van der Waals surface area contributed by atoms with E-state index in [1.807, 2.05) is 24.3 Å². The summed E-state index contributed by atoms with van der Waals surface area (Å²) in [5, 5.41) is 5.57. The number of methoxy groups -OCH3 is 1. The lowest BCUT2D eigenvalue weighted by molar-refractivity contribution is -0.114. The topological polar surface area (TPSA) is 70.7 Å². The predicted octanol–water partition coefficient (Wildman–Crippen LogP) is 4.14. The molecule has 0 aliphatic rings. The van der Waals surface area contributed by atoms with E-state index >= 15 is 0 Å². The standard InChI is InChI=1S/C22H29N3O3/c1-6-25(15(2)3)14-17-7-9-18(10-8-17)22(27)24-21-13-19(28-5)11-12-20(21)23-16(4)26/h7-13,15H,6,14H2,1-5H3,(H,23,26)(H,24,27). The number of amides is 2. The summed E-state index contributed by atoms with van der Waals surface area (Å²) in [6, 6.07) is 13.1. The number of anilines is 2. The van der Waals surface area contributed by atoms with Gasteiger partial charge in [-0.05, 0) is 50.2 Å². The van der Waals surface area contributed by atoms with Crippen LogP contribution in [0, 0.1) is 0 Å². The van der Waals surface area contributed by atoms with Crippen molar-refractivity contribution < 1.29 is 14.3 Å². The molecule has 0 unspecified atom stereocenters. The van der Waals surface area contributed by atoms with Crippen molar-refractivity contribution >= 4 is 23.2 Å². The zero-order valence-corrected chi connectivity index (χ0v) is 17.2. The average molecular weight is 383 g/mol. The predicted molar refractivity (Wildman–Crippen MR) is 113 cm³/mol. The minimum Gasteiger partial charge on any atom is -0.497 e. The van der Waals surface area contributed by atoms with E-state index in [-0.39, 0.29) is 11.8 Å². The van der Waals surface area contributed by atoms with Crippen molar-refractivity contribution in [3.05, 3.63) is 53.6 Å². The largest absolute Gasteiger partial charge is 0.497 e. The van der Waals surface area contributed by atoms with Crippen LogP contribution in [0.1, 0.15) is 43.6 Å². The molecule has 0 heterocycles. The minimum atomic E-state index is -0.248. The van der Waals surface area contributed by atoms with Crippen LogP contribution in [-0.4, -0.2) is 36.4 Å². The molecule has 2 amide bonds. The molecule has 0 bridgehead atoms. The molecular formula is C22H29N3O3. The Morgan fingerprint density at radius 3 is 2.25 bits per heavy atom. The summed E-state index contributed by atoms with van der Waals surface area (Å²) in [4.78, 5) is 26.4. The van der Waals surface area contributed by atoms with E-state index in [2.05, 4.69) is 36.3 Å². The highest BCUT2D eigenvalue weighted by Gasteiger charge is 2.13. The van der Waals surface area contributed by atoms with Gasteiger partial charge in [0.05, 0.1) is 18.5 Å². The summed E-state index contributed by atoms with van der Waals surface area (Å²) in [6.45, 7) is 9.73. The van der Waals surface area contributed by atoms with E-state index in [0.29, 0.717) is 28.7 Å². The third-order valence-corrected chi connectivity index (χ3v) is 4.52. The van der Waals surface area contributed by atoms with Crippen LogP contribution in [0.25, 0.3) is 0 Å². The number of ether oxygens (including phenoxy) is 1. The molecule has 6 heteroatoms. The first-order valence-electron chi connectivity index (χ1n) is 9.44. The Morgan fingerprint density at radius 2 is 1.71 bits per heavy atom. The molecule has 0 aliphatic carbocycles. The zero-order valence-electron chi connectivity index (χ0n) is 17.2. The number of hydrogen-bond acceptors (Lipinski definition) is 4. The number of carbonyl (C=O) groups is 2. The van der Waals surface area contributed by atoms with E-state index in [4.69, 9.17) is 4.74 Å². The molecule has 0 aromatic heterocycles. The fourth-order valence-electron chi connectivity index (χ4n) is 2.90. The normalized spacial score (nSPS) is 10.8. The van der Waals surface area contributed by atoms with Gasteiger partial charge in [0.15, 0.2) is 0 Å². The average Bonchev–Trinajstić information content (AvgIpc) is 2.67. The van der Waals surface area contributed by atoms with Crippen LogP contribution in [0.2, 0.25) is 0 Å². The van der Waals surface area contributed by atoms with Crippen LogP contribution in [0.4, 0.5) is 11.4 Å². The smallest absolute Gasteiger partial charge is 0.255 e. The van der Waals surface area contributed by atoms with Crippen molar-refractivity contribution in [2.75, 3.05) is 24.3 Å². The second-order valence-corrected chi connectivity index (χ2v) is 6.90. The molecule has 2 N–H and O–H groups in total. The number of benzene rings is 2. The van der Waals surface area contributed by atoms with Gasteiger partial charge in [0.2, 0.25) is 5.91 Å². The highest BCUT2D eigenvalue weighted by atomic mass is 16.5. The van der Waals surface area contributed by atoms with Crippen molar-refractivity contribution in [3.63, 3.8) is 0 Å². The quantitative estimate of drug-likeness (QED) is 0.719. The first-order valence-corrected chi connectivity index (χ1v) is 9.44. The molecule has 2 rings (SSSR count). The first kappa shape index (κ1) is 21.4. The third kappa shape index (κ3) is 5.82. The molecular weight excluding hydrogens is 354 g/mol. The molecule has 6 nitrogen and oxygen atoms in total. The molecule has 0 atom stereocenters. The highest BCUT2D eigenvalue weighted by molar-refractivity contribution is 6.07. The second kappa shape index (κ2) is 9.90. The first-order chi connectivity index (χ1) is 13.3. The molecule has 0 fully saturated rings. The molecule has 0 saturated heterocycles. The van der Waals surface area contributed by atoms with Crippen LogP contribution in [0.3, 0.4) is 0 Å². The van der Waals surface area contributed by atoms with Crippen LogP contribution >= 0.6 is 0 Å². The fourth-order valence-corrected chi connectivity index (χ4v) is 2.90. The van der Waals surface area contributed by atoms with Crippen LogP contribution in [0.15, 0.2) is 42.5 Å². The number of hydrogen-bond donors (Lipinski definition) is 2. The van der Waals surface area contributed by atoms with Gasteiger partial charge < -0.3 is 15.4 Å². The molecule has 0 saturated carbocycles. The SMILES string of the molecule is CCN(Cc1ccc(C(=O)Nc2cc(OC)ccc2NC(C)=O)cc1)C(C)C. The number of carbonyl (C=O) groups excluding carboxylic acids is 2. The number of rotatable bonds is 8. The van der Waals surface area contributed by atoms with Gasteiger partial charge in [0, 0.05) is 31.1 Å². The highest BCUT2D eigenvalue weighted by Crippen LogP contribution is 2.27. The van der Waals surface area contributed by atoms with Crippen molar-refractivity contribution in [2.45, 2.75) is 40.3 Å². The Balaban J connectivity index is 2.15. The van der Waals surface area contributed by atoms with Crippen LogP contribution in [0.5, 0.6) is 5.75 Å². The summed E-state index contributed by atoms with van der Waals surface area (Å²) in [5.74, 6) is 0.131. The lowest BCUT2D eigenvalue weighted by atomic mass is 10.1. The van der Waals surface area contributed by atoms with Crippen molar-refractivity contribution in [3.8, 4) is 5.75 Å². The van der Waals surface area contributed by atoms with E-state index in [9.17, 15) is 9.59 Å². The van der Waals surface area contributed by atoms with E-state index in [1.165, 1.54) is 6.92 Å². The minimum absolute atomic E-state index is 0.212. The summed E-state index contributed by atoms with van der Waals surface area (Å²) < 4.78 is 5.22. The maximum absolute atomic E-state index is 12.7. The monoisotopic (exact) mass is 383 g/mol.